The number of hydrogen-bond acceptors (Lipinski definition) is 17. The molecule has 0 aliphatic carbocycles. The van der Waals surface area contributed by atoms with Crippen LogP contribution < -0.4 is 16.4 Å². The smallest absolute Gasteiger partial charge is 0.390 e. The Labute approximate surface area is 302 Å². The van der Waals surface area contributed by atoms with Crippen LogP contribution in [0.5, 0.6) is 0 Å². The van der Waals surface area contributed by atoms with Gasteiger partial charge in [-0.2, -0.15) is 0 Å². The molecule has 0 aromatic rings. The Bertz CT molecular complexity index is 762. The number of rotatable bonds is 37. The van der Waals surface area contributed by atoms with Gasteiger partial charge in [0.1, 0.15) is 0 Å². The van der Waals surface area contributed by atoms with Crippen LogP contribution in [0.15, 0.2) is 0 Å². The molecule has 0 rings (SSSR count). The lowest BCUT2D eigenvalue weighted by atomic mass is 10.0. The van der Waals surface area contributed by atoms with Gasteiger partial charge in [0, 0.05) is 104 Å². The number of nitrogens with one attached hydrogen (secondary N) is 2. The van der Waals surface area contributed by atoms with E-state index >= 15 is 0 Å². The average Bonchev–Trinajstić information content (AvgIpc) is 3.03. The van der Waals surface area contributed by atoms with Gasteiger partial charge in [0.25, 0.3) is 0 Å². The first-order valence-electron chi connectivity index (χ1n) is 18.4. The number of aliphatic hydroxyl groups is 3. The maximum absolute atomic E-state index is 10.8. The topological polar surface area (TPSA) is 266 Å². The summed E-state index contributed by atoms with van der Waals surface area (Å²) in [6, 6.07) is -0.221. The van der Waals surface area contributed by atoms with Crippen molar-refractivity contribution in [2.24, 2.45) is 11.7 Å². The lowest BCUT2D eigenvalue weighted by Crippen LogP contribution is -2.46. The van der Waals surface area contributed by atoms with Gasteiger partial charge in [-0.3, -0.25) is 9.80 Å². The minimum Gasteiger partial charge on any atom is -0.390 e. The van der Waals surface area contributed by atoms with Gasteiger partial charge in [-0.1, -0.05) is 33.1 Å². The molecule has 13 N–H and O–H groups in total. The minimum absolute atomic E-state index is 0.0679. The van der Waals surface area contributed by atoms with Crippen molar-refractivity contribution in [3.05, 3.63) is 0 Å². The largest absolute Gasteiger partial charge is 0.492 e. The summed E-state index contributed by atoms with van der Waals surface area (Å²) in [5.41, 5.74) is 5.85. The highest BCUT2D eigenvalue weighted by molar-refractivity contribution is 6.56. The van der Waals surface area contributed by atoms with Crippen molar-refractivity contribution in [2.45, 2.75) is 82.8 Å². The first-order valence-corrected chi connectivity index (χ1v) is 22.5. The first kappa shape index (κ1) is 49.8. The normalized spacial score (nSPS) is 15.2. The molecule has 0 radical (unpaired) electrons. The van der Waals surface area contributed by atoms with Gasteiger partial charge in [-0.15, -0.1) is 0 Å². The zero-order chi connectivity index (χ0) is 37.7. The molecule has 0 saturated carbocycles. The van der Waals surface area contributed by atoms with Crippen LogP contribution in [0.4, 0.5) is 0 Å². The Morgan fingerprint density at radius 2 is 1.14 bits per heavy atom. The van der Waals surface area contributed by atoms with E-state index in [0.29, 0.717) is 90.9 Å². The summed E-state index contributed by atoms with van der Waals surface area (Å²) in [6.07, 6.45) is 2.91. The van der Waals surface area contributed by atoms with Crippen LogP contribution in [-0.4, -0.2) is 201 Å². The van der Waals surface area contributed by atoms with E-state index < -0.39 is 35.9 Å². The summed E-state index contributed by atoms with van der Waals surface area (Å²) in [5, 5.41) is 38.0. The van der Waals surface area contributed by atoms with Crippen LogP contribution in [0.25, 0.3) is 0 Å². The first-order chi connectivity index (χ1) is 23.7. The van der Waals surface area contributed by atoms with Crippen molar-refractivity contribution in [1.82, 2.24) is 20.4 Å². The molecule has 0 spiro atoms. The molecule has 4 unspecified atom stereocenters. The van der Waals surface area contributed by atoms with Crippen LogP contribution in [0.2, 0.25) is 12.1 Å². The van der Waals surface area contributed by atoms with E-state index in [9.17, 15) is 15.3 Å². The molecule has 0 bridgehead atoms. The molecule has 302 valence electrons. The maximum Gasteiger partial charge on any atom is 0.492 e. The molecule has 0 aromatic carbocycles. The third-order valence-electron chi connectivity index (χ3n) is 8.01. The van der Waals surface area contributed by atoms with Crippen LogP contribution in [-0.2, 0) is 14.2 Å². The number of nitrogens with zero attached hydrogens (tertiary/aromatic N) is 2. The van der Waals surface area contributed by atoms with Gasteiger partial charge in [0.2, 0.25) is 0 Å². The third kappa shape index (κ3) is 33.6. The summed E-state index contributed by atoms with van der Waals surface area (Å²) in [6.45, 7) is 11.7. The van der Waals surface area contributed by atoms with E-state index in [4.69, 9.17) is 48.7 Å². The molecule has 19 heteroatoms. The lowest BCUT2D eigenvalue weighted by Gasteiger charge is -2.30. The van der Waals surface area contributed by atoms with Crippen LogP contribution >= 0.6 is 0 Å². The van der Waals surface area contributed by atoms with Gasteiger partial charge in [0.05, 0.1) is 38.1 Å². The van der Waals surface area contributed by atoms with Gasteiger partial charge in [0.15, 0.2) is 0 Å². The molecule has 0 aliphatic heterocycles. The highest BCUT2D eigenvalue weighted by Crippen LogP contribution is 2.13. The zero-order valence-corrected chi connectivity index (χ0v) is 32.7. The highest BCUT2D eigenvalue weighted by Gasteiger charge is 2.26. The van der Waals surface area contributed by atoms with Gasteiger partial charge >= 0.3 is 17.6 Å². The van der Waals surface area contributed by atoms with Gasteiger partial charge in [-0.25, -0.2) is 0 Å². The monoisotopic (exact) mass is 763 g/mol. The quantitative estimate of drug-likeness (QED) is 0.0218. The molecule has 0 amide bonds. The Balaban J connectivity index is 4.73. The fourth-order valence-electron chi connectivity index (χ4n) is 5.15. The predicted octanol–water partition coefficient (Wildman–Crippen LogP) is -3.31. The van der Waals surface area contributed by atoms with Crippen molar-refractivity contribution < 1.29 is 58.3 Å². The molecule has 0 heterocycles. The highest BCUT2D eigenvalue weighted by atomic mass is 28.4. The molecule has 4 atom stereocenters. The molecular weight excluding hydrogens is 691 g/mol. The lowest BCUT2D eigenvalue weighted by molar-refractivity contribution is -0.00128. The van der Waals surface area contributed by atoms with Crippen molar-refractivity contribution in [3.63, 3.8) is 0 Å². The van der Waals surface area contributed by atoms with Crippen molar-refractivity contribution in [3.8, 4) is 0 Å². The second kappa shape index (κ2) is 31.1. The van der Waals surface area contributed by atoms with E-state index in [1.165, 1.54) is 6.42 Å². The molecular formula is C31H73N5O12Si2. The number of unbranched alkanes of at least 4 members (excludes halogenated alkanes) is 1. The second-order valence-corrected chi connectivity index (χ2v) is 17.3. The SMILES string of the molecule is CCCCC(CC)COCC(O)CN(CCNCCNCC(O)COCCC[Si](O)(O)O)CCN(CCN)CC(O)COCCC[Si](O)(O)O. The number of ether oxygens (including phenoxy) is 3. The Kier molecular flexibility index (Phi) is 31.0. The molecule has 0 saturated heterocycles. The maximum atomic E-state index is 10.8. The molecule has 17 nitrogen and oxygen atoms in total. The summed E-state index contributed by atoms with van der Waals surface area (Å²) >= 11 is 0. The molecule has 0 aliphatic rings. The predicted molar refractivity (Wildman–Crippen MR) is 195 cm³/mol. The van der Waals surface area contributed by atoms with Crippen LogP contribution in [0.3, 0.4) is 0 Å². The third-order valence-corrected chi connectivity index (χ3v) is 10.1. The van der Waals surface area contributed by atoms with Crippen LogP contribution in [0, 0.1) is 5.92 Å². The Hall–Kier alpha value is -0.246. The standard InChI is InChI=1S/C31H73N5O12Si2/c1-3-5-8-28(4-2)24-48-27-31(39)23-36(14-12-33-10-11-34-21-29(37)25-46-17-6-19-49(40,41)42)16-15-35(13-9-32)22-30(38)26-47-18-7-20-50(43,44)45/h28-31,33-34,37-45H,3-27,32H2,1-2H3. The zero-order valence-electron chi connectivity index (χ0n) is 30.7. The average molecular weight is 764 g/mol. The van der Waals surface area contributed by atoms with E-state index in [0.717, 1.165) is 19.3 Å². The van der Waals surface area contributed by atoms with Gasteiger partial charge in [-0.05, 0) is 25.2 Å². The van der Waals surface area contributed by atoms with E-state index in [2.05, 4.69) is 29.4 Å². The Morgan fingerprint density at radius 3 is 1.66 bits per heavy atom. The second-order valence-electron chi connectivity index (χ2n) is 13.2. The fourth-order valence-corrected chi connectivity index (χ4v) is 6.39. The summed E-state index contributed by atoms with van der Waals surface area (Å²) in [5.74, 6) is 0.488. The molecule has 0 fully saturated rings. The number of hydrogen-bond donors (Lipinski definition) is 12. The summed E-state index contributed by atoms with van der Waals surface area (Å²) < 4.78 is 16.7. The number of nitrogens with two attached hydrogens (primary N) is 1. The summed E-state index contributed by atoms with van der Waals surface area (Å²) in [4.78, 5) is 58.5. The van der Waals surface area contributed by atoms with E-state index in [1.807, 2.05) is 4.90 Å². The molecule has 50 heavy (non-hydrogen) atoms. The van der Waals surface area contributed by atoms with E-state index in [1.54, 1.807) is 0 Å². The van der Waals surface area contributed by atoms with Crippen molar-refractivity contribution >= 4 is 17.6 Å². The molecule has 0 aromatic heterocycles. The van der Waals surface area contributed by atoms with Crippen molar-refractivity contribution in [2.75, 3.05) is 112 Å². The van der Waals surface area contributed by atoms with E-state index in [-0.39, 0.29) is 51.5 Å². The van der Waals surface area contributed by atoms with Gasteiger partial charge < -0.3 is 74.7 Å². The van der Waals surface area contributed by atoms with Crippen molar-refractivity contribution in [1.29, 1.82) is 0 Å². The fraction of sp³-hybridized carbons (Fsp3) is 1.00. The minimum atomic E-state index is -4.09. The summed E-state index contributed by atoms with van der Waals surface area (Å²) in [7, 11) is -8.14. The number of aliphatic hydroxyl groups excluding tert-OH is 3. The van der Waals surface area contributed by atoms with Crippen LogP contribution in [0.1, 0.15) is 52.4 Å². The Morgan fingerprint density at radius 1 is 0.620 bits per heavy atom.